The van der Waals surface area contributed by atoms with Crippen LogP contribution in [0, 0.1) is 0 Å². The molecule has 4 nitrogen and oxygen atoms in total. The van der Waals surface area contributed by atoms with Crippen molar-refractivity contribution in [3.63, 3.8) is 0 Å². The van der Waals surface area contributed by atoms with Crippen molar-refractivity contribution < 1.29 is 0 Å². The van der Waals surface area contributed by atoms with E-state index < -0.39 is 0 Å². The van der Waals surface area contributed by atoms with Gasteiger partial charge in [-0.1, -0.05) is 0 Å². The standard InChI is InChI=1S/C3H8N2.2H3N/c1-3(5)2-4;;/h2H,4-5H2,1H3;2*1H3/b3-2-;;. The molecule has 0 aliphatic carbocycles. The van der Waals surface area contributed by atoms with Crippen molar-refractivity contribution in [1.29, 1.82) is 0 Å². The zero-order valence-corrected chi connectivity index (χ0v) is 4.65. The van der Waals surface area contributed by atoms with E-state index in [1.807, 2.05) is 0 Å². The topological polar surface area (TPSA) is 122 Å². The highest BCUT2D eigenvalue weighted by molar-refractivity contribution is 4.85. The first-order chi connectivity index (χ1) is 2.27. The van der Waals surface area contributed by atoms with E-state index >= 15 is 0 Å². The lowest BCUT2D eigenvalue weighted by atomic mass is 10.6. The molecule has 0 spiro atoms. The van der Waals surface area contributed by atoms with Gasteiger partial charge in [0.2, 0.25) is 0 Å². The Labute approximate surface area is 43.7 Å². The summed E-state index contributed by atoms with van der Waals surface area (Å²) >= 11 is 0. The molecule has 4 heteroatoms. The molecule has 0 aliphatic rings. The Morgan fingerprint density at radius 1 is 1.43 bits per heavy atom. The Morgan fingerprint density at radius 3 is 1.57 bits per heavy atom. The van der Waals surface area contributed by atoms with Gasteiger partial charge in [-0.15, -0.1) is 0 Å². The summed E-state index contributed by atoms with van der Waals surface area (Å²) in [5.41, 5.74) is 10.6. The monoisotopic (exact) mass is 106 g/mol. The van der Waals surface area contributed by atoms with Crippen molar-refractivity contribution in [2.24, 2.45) is 11.5 Å². The molecular formula is C3H14N4. The number of rotatable bonds is 0. The average Bonchev–Trinajstić information content (AvgIpc) is 1.38. The van der Waals surface area contributed by atoms with Crippen LogP contribution in [0.5, 0.6) is 0 Å². The minimum Gasteiger partial charge on any atom is -0.403 e. The second kappa shape index (κ2) is 8.98. The minimum absolute atomic E-state index is 0. The molecule has 0 saturated carbocycles. The molecule has 0 fully saturated rings. The normalized spacial score (nSPS) is 8.43. The third kappa shape index (κ3) is 35.2. The predicted octanol–water partition coefficient (Wildman–Crippen LogP) is 0.0891. The highest BCUT2D eigenvalue weighted by Crippen LogP contribution is 1.65. The molecule has 0 heterocycles. The van der Waals surface area contributed by atoms with Crippen molar-refractivity contribution in [2.75, 3.05) is 0 Å². The van der Waals surface area contributed by atoms with Crippen molar-refractivity contribution in [2.45, 2.75) is 6.92 Å². The molecule has 0 aromatic rings. The quantitative estimate of drug-likeness (QED) is 0.349. The zero-order chi connectivity index (χ0) is 4.28. The van der Waals surface area contributed by atoms with Gasteiger partial charge in [0.15, 0.2) is 0 Å². The summed E-state index contributed by atoms with van der Waals surface area (Å²) < 4.78 is 0. The minimum atomic E-state index is 0. The van der Waals surface area contributed by atoms with Gasteiger partial charge in [-0.3, -0.25) is 0 Å². The van der Waals surface area contributed by atoms with Gasteiger partial charge < -0.3 is 23.8 Å². The second-order valence-corrected chi connectivity index (χ2v) is 0.911. The maximum atomic E-state index is 5.03. The summed E-state index contributed by atoms with van der Waals surface area (Å²) in [6, 6.07) is 0. The maximum Gasteiger partial charge on any atom is 0.0206 e. The van der Waals surface area contributed by atoms with E-state index in [1.54, 1.807) is 6.92 Å². The summed E-state index contributed by atoms with van der Waals surface area (Å²) in [4.78, 5) is 0. The van der Waals surface area contributed by atoms with Crippen molar-refractivity contribution in [3.05, 3.63) is 11.9 Å². The van der Waals surface area contributed by atoms with E-state index in [9.17, 15) is 0 Å². The summed E-state index contributed by atoms with van der Waals surface area (Å²) in [5, 5.41) is 0. The van der Waals surface area contributed by atoms with Crippen LogP contribution in [-0.2, 0) is 0 Å². The van der Waals surface area contributed by atoms with Gasteiger partial charge in [-0.25, -0.2) is 0 Å². The van der Waals surface area contributed by atoms with E-state index in [1.165, 1.54) is 6.20 Å². The molecule has 0 aliphatic heterocycles. The first-order valence-electron chi connectivity index (χ1n) is 1.41. The SMILES string of the molecule is C/C(N)=C/N.N.N. The molecule has 0 amide bonds. The van der Waals surface area contributed by atoms with Crippen LogP contribution in [0.25, 0.3) is 0 Å². The highest BCUT2D eigenvalue weighted by Gasteiger charge is 1.60. The van der Waals surface area contributed by atoms with E-state index in [2.05, 4.69) is 0 Å². The van der Waals surface area contributed by atoms with Crippen LogP contribution < -0.4 is 23.8 Å². The van der Waals surface area contributed by atoms with Gasteiger partial charge in [-0.05, 0) is 6.92 Å². The third-order valence-electron chi connectivity index (χ3n) is 0.263. The highest BCUT2D eigenvalue weighted by atomic mass is 14.6. The van der Waals surface area contributed by atoms with Gasteiger partial charge in [0, 0.05) is 11.9 Å². The molecule has 0 unspecified atom stereocenters. The summed E-state index contributed by atoms with van der Waals surface area (Å²) in [5.74, 6) is 0. The van der Waals surface area contributed by atoms with Crippen LogP contribution in [0.1, 0.15) is 6.92 Å². The molecule has 0 aromatic carbocycles. The summed E-state index contributed by atoms with van der Waals surface area (Å²) in [6.07, 6.45) is 1.36. The molecular weight excluding hydrogens is 92.1 g/mol. The number of hydrogen-bond acceptors (Lipinski definition) is 4. The molecule has 0 rings (SSSR count). The number of hydrogen-bond donors (Lipinski definition) is 4. The third-order valence-corrected chi connectivity index (χ3v) is 0.263. The van der Waals surface area contributed by atoms with Crippen LogP contribution in [0.3, 0.4) is 0 Å². The van der Waals surface area contributed by atoms with Crippen LogP contribution >= 0.6 is 0 Å². The Kier molecular flexibility index (Phi) is 20.9. The van der Waals surface area contributed by atoms with E-state index in [4.69, 9.17) is 11.5 Å². The molecule has 7 heavy (non-hydrogen) atoms. The molecule has 0 bridgehead atoms. The Morgan fingerprint density at radius 2 is 1.57 bits per heavy atom. The predicted molar refractivity (Wildman–Crippen MR) is 32.2 cm³/mol. The lowest BCUT2D eigenvalue weighted by Gasteiger charge is -1.76. The molecule has 0 aromatic heterocycles. The fourth-order valence-corrected chi connectivity index (χ4v) is 0. The average molecular weight is 106 g/mol. The van der Waals surface area contributed by atoms with E-state index in [0.29, 0.717) is 5.70 Å². The smallest absolute Gasteiger partial charge is 0.0206 e. The fourth-order valence-electron chi connectivity index (χ4n) is 0. The van der Waals surface area contributed by atoms with E-state index in [-0.39, 0.29) is 12.3 Å². The van der Waals surface area contributed by atoms with Crippen molar-refractivity contribution in [1.82, 2.24) is 12.3 Å². The maximum absolute atomic E-state index is 5.03. The first kappa shape index (κ1) is 16.3. The largest absolute Gasteiger partial charge is 0.403 e. The van der Waals surface area contributed by atoms with Gasteiger partial charge in [0.1, 0.15) is 0 Å². The lowest BCUT2D eigenvalue weighted by molar-refractivity contribution is 1.28. The van der Waals surface area contributed by atoms with Gasteiger partial charge in [-0.2, -0.15) is 0 Å². The van der Waals surface area contributed by atoms with Crippen molar-refractivity contribution >= 4 is 0 Å². The summed E-state index contributed by atoms with van der Waals surface area (Å²) in [6.45, 7) is 1.74. The van der Waals surface area contributed by atoms with Gasteiger partial charge >= 0.3 is 0 Å². The van der Waals surface area contributed by atoms with Gasteiger partial charge in [0.25, 0.3) is 0 Å². The number of allylic oxidation sites excluding steroid dienone is 1. The van der Waals surface area contributed by atoms with Crippen molar-refractivity contribution in [3.8, 4) is 0 Å². The van der Waals surface area contributed by atoms with Crippen LogP contribution in [0.4, 0.5) is 0 Å². The Balaban J connectivity index is -0.0000000800. The van der Waals surface area contributed by atoms with Crippen LogP contribution in [-0.4, -0.2) is 0 Å². The molecule has 0 atom stereocenters. The molecule has 0 radical (unpaired) electrons. The summed E-state index contributed by atoms with van der Waals surface area (Å²) in [7, 11) is 0. The second-order valence-electron chi connectivity index (χ2n) is 0.911. The van der Waals surface area contributed by atoms with Gasteiger partial charge in [0.05, 0.1) is 0 Å². The fraction of sp³-hybridized carbons (Fsp3) is 0.333. The first-order valence-corrected chi connectivity index (χ1v) is 1.41. The van der Waals surface area contributed by atoms with E-state index in [0.717, 1.165) is 0 Å². The Hall–Kier alpha value is -0.740. The molecule has 10 N–H and O–H groups in total. The Bertz CT molecular complexity index is 44.9. The lowest BCUT2D eigenvalue weighted by Crippen LogP contribution is -1.93. The molecule has 0 saturated heterocycles. The molecule has 46 valence electrons. The van der Waals surface area contributed by atoms with Crippen LogP contribution in [0.15, 0.2) is 11.9 Å². The number of nitrogens with two attached hydrogens (primary N) is 2. The zero-order valence-electron chi connectivity index (χ0n) is 4.65. The van der Waals surface area contributed by atoms with Crippen LogP contribution in [0.2, 0.25) is 0 Å².